The first-order valence-electron chi connectivity index (χ1n) is 9.54. The maximum Gasteiger partial charge on any atom is 0.255 e. The lowest BCUT2D eigenvalue weighted by molar-refractivity contribution is -0.113. The van der Waals surface area contributed by atoms with E-state index in [1.165, 1.54) is 23.1 Å². The van der Waals surface area contributed by atoms with Crippen LogP contribution in [-0.2, 0) is 4.79 Å². The largest absolute Gasteiger partial charge is 0.399 e. The van der Waals surface area contributed by atoms with Crippen molar-refractivity contribution in [3.05, 3.63) is 77.9 Å². The molecule has 0 unspecified atom stereocenters. The van der Waals surface area contributed by atoms with Crippen LogP contribution in [0.1, 0.15) is 15.9 Å². The number of aryl methyl sites for hydroxylation is 1. The number of fused-ring (bicyclic) bond motifs is 1. The molecule has 0 atom stereocenters. The van der Waals surface area contributed by atoms with Crippen molar-refractivity contribution in [2.24, 2.45) is 0 Å². The van der Waals surface area contributed by atoms with Crippen molar-refractivity contribution in [1.29, 1.82) is 0 Å². The van der Waals surface area contributed by atoms with Crippen molar-refractivity contribution in [1.82, 2.24) is 4.98 Å². The van der Waals surface area contributed by atoms with Crippen LogP contribution in [0.5, 0.6) is 0 Å². The highest BCUT2D eigenvalue weighted by atomic mass is 32.2. The standard InChI is InChI=1S/C23H20N4O2S2/c1-14-4-2-3-5-18(14)22(29)26-17-10-11-19-20(12-17)31-23(27-19)30-13-21(28)25-16-8-6-15(24)7-9-16/h2-12H,13,24H2,1H3,(H,25,28)(H,26,29). The van der Waals surface area contributed by atoms with E-state index in [4.69, 9.17) is 5.73 Å². The number of aromatic nitrogens is 1. The van der Waals surface area contributed by atoms with E-state index in [-0.39, 0.29) is 17.6 Å². The first kappa shape index (κ1) is 20.9. The van der Waals surface area contributed by atoms with Gasteiger partial charge in [0.25, 0.3) is 5.91 Å². The first-order valence-corrected chi connectivity index (χ1v) is 11.3. The smallest absolute Gasteiger partial charge is 0.255 e. The normalized spacial score (nSPS) is 10.7. The van der Waals surface area contributed by atoms with Gasteiger partial charge in [-0.2, -0.15) is 0 Å². The molecule has 0 fully saturated rings. The summed E-state index contributed by atoms with van der Waals surface area (Å²) in [5.74, 6) is -0.00253. The van der Waals surface area contributed by atoms with E-state index in [9.17, 15) is 9.59 Å². The Morgan fingerprint density at radius 1 is 1.00 bits per heavy atom. The lowest BCUT2D eigenvalue weighted by Gasteiger charge is -2.07. The number of nitrogens with two attached hydrogens (primary N) is 1. The van der Waals surface area contributed by atoms with Crippen molar-refractivity contribution in [3.63, 3.8) is 0 Å². The van der Waals surface area contributed by atoms with Crippen LogP contribution in [0.25, 0.3) is 10.2 Å². The van der Waals surface area contributed by atoms with Crippen molar-refractivity contribution < 1.29 is 9.59 Å². The molecule has 6 nitrogen and oxygen atoms in total. The number of nitrogens with one attached hydrogen (secondary N) is 2. The summed E-state index contributed by atoms with van der Waals surface area (Å²) in [6, 6.07) is 20.1. The molecule has 4 rings (SSSR count). The third-order valence-electron chi connectivity index (χ3n) is 4.54. The maximum atomic E-state index is 12.5. The predicted octanol–water partition coefficient (Wildman–Crippen LogP) is 5.17. The second-order valence-corrected chi connectivity index (χ2v) is 9.14. The number of carbonyl (C=O) groups excluding carboxylic acids is 2. The number of nitrogens with zero attached hydrogens (tertiary/aromatic N) is 1. The lowest BCUT2D eigenvalue weighted by Crippen LogP contribution is -2.13. The quantitative estimate of drug-likeness (QED) is 0.279. The van der Waals surface area contributed by atoms with Crippen LogP contribution < -0.4 is 16.4 Å². The molecule has 0 aliphatic rings. The third-order valence-corrected chi connectivity index (χ3v) is 6.70. The van der Waals surface area contributed by atoms with Crippen molar-refractivity contribution in [2.45, 2.75) is 11.3 Å². The molecule has 4 N–H and O–H groups in total. The number of benzene rings is 3. The molecule has 2 amide bonds. The van der Waals surface area contributed by atoms with Gasteiger partial charge in [-0.3, -0.25) is 9.59 Å². The summed E-state index contributed by atoms with van der Waals surface area (Å²) in [7, 11) is 0. The van der Waals surface area contributed by atoms with Crippen LogP contribution in [0.4, 0.5) is 17.1 Å². The molecule has 0 spiro atoms. The highest BCUT2D eigenvalue weighted by molar-refractivity contribution is 8.01. The van der Waals surface area contributed by atoms with Crippen molar-refractivity contribution in [2.75, 3.05) is 22.1 Å². The zero-order valence-electron chi connectivity index (χ0n) is 16.7. The Labute approximate surface area is 187 Å². The Balaban J connectivity index is 1.39. The van der Waals surface area contributed by atoms with E-state index < -0.39 is 0 Å². The average Bonchev–Trinajstić information content (AvgIpc) is 3.16. The van der Waals surface area contributed by atoms with E-state index in [1.807, 2.05) is 43.3 Å². The highest BCUT2D eigenvalue weighted by Gasteiger charge is 2.11. The van der Waals surface area contributed by atoms with Gasteiger partial charge in [0.2, 0.25) is 5.91 Å². The van der Waals surface area contributed by atoms with Gasteiger partial charge >= 0.3 is 0 Å². The van der Waals surface area contributed by atoms with Crippen LogP contribution in [-0.4, -0.2) is 22.6 Å². The summed E-state index contributed by atoms with van der Waals surface area (Å²) in [5.41, 5.74) is 10.1. The fourth-order valence-corrected chi connectivity index (χ4v) is 4.87. The average molecular weight is 449 g/mol. The minimum atomic E-state index is -0.143. The second-order valence-electron chi connectivity index (χ2n) is 6.89. The number of nitrogen functional groups attached to an aromatic ring is 1. The molecule has 1 heterocycles. The molecule has 0 saturated carbocycles. The molecule has 0 aliphatic heterocycles. The summed E-state index contributed by atoms with van der Waals surface area (Å²) < 4.78 is 1.74. The summed E-state index contributed by atoms with van der Waals surface area (Å²) in [5, 5.41) is 5.78. The maximum absolute atomic E-state index is 12.5. The topological polar surface area (TPSA) is 97.1 Å². The van der Waals surface area contributed by atoms with Gasteiger partial charge in [-0.05, 0) is 61.0 Å². The Bertz CT molecular complexity index is 1250. The molecule has 8 heteroatoms. The van der Waals surface area contributed by atoms with Crippen LogP contribution in [0.2, 0.25) is 0 Å². The molecule has 0 aliphatic carbocycles. The first-order chi connectivity index (χ1) is 15.0. The van der Waals surface area contributed by atoms with Crippen molar-refractivity contribution >= 4 is 62.2 Å². The lowest BCUT2D eigenvalue weighted by atomic mass is 10.1. The Hall–Kier alpha value is -3.36. The summed E-state index contributed by atoms with van der Waals surface area (Å²) in [6.45, 7) is 1.91. The number of carbonyl (C=O) groups is 2. The second kappa shape index (κ2) is 9.20. The van der Waals surface area contributed by atoms with Gasteiger partial charge in [0.1, 0.15) is 0 Å². The number of amides is 2. The number of thioether (sulfide) groups is 1. The molecule has 3 aromatic carbocycles. The summed E-state index contributed by atoms with van der Waals surface area (Å²) in [6.07, 6.45) is 0. The molecule has 0 saturated heterocycles. The summed E-state index contributed by atoms with van der Waals surface area (Å²) >= 11 is 2.87. The zero-order valence-corrected chi connectivity index (χ0v) is 18.3. The third kappa shape index (κ3) is 5.22. The highest BCUT2D eigenvalue weighted by Crippen LogP contribution is 2.31. The van der Waals surface area contributed by atoms with Gasteiger partial charge in [0, 0.05) is 22.6 Å². The zero-order chi connectivity index (χ0) is 21.8. The van der Waals surface area contributed by atoms with Gasteiger partial charge in [-0.25, -0.2) is 4.98 Å². The molecule has 0 bridgehead atoms. The van der Waals surface area contributed by atoms with Gasteiger partial charge in [-0.15, -0.1) is 11.3 Å². The van der Waals surface area contributed by atoms with Crippen LogP contribution in [0.15, 0.2) is 71.1 Å². The number of hydrogen-bond acceptors (Lipinski definition) is 6. The molecule has 31 heavy (non-hydrogen) atoms. The molecular formula is C23H20N4O2S2. The van der Waals surface area contributed by atoms with E-state index >= 15 is 0 Å². The molecule has 0 radical (unpaired) electrons. The van der Waals surface area contributed by atoms with Gasteiger partial charge in [-0.1, -0.05) is 30.0 Å². The monoisotopic (exact) mass is 448 g/mol. The molecule has 4 aromatic rings. The van der Waals surface area contributed by atoms with E-state index in [0.717, 1.165) is 20.1 Å². The Morgan fingerprint density at radius 2 is 1.74 bits per heavy atom. The number of thiazole rings is 1. The molecule has 156 valence electrons. The fraction of sp³-hybridized carbons (Fsp3) is 0.0870. The van der Waals surface area contributed by atoms with Gasteiger partial charge < -0.3 is 16.4 Å². The minimum Gasteiger partial charge on any atom is -0.399 e. The van der Waals surface area contributed by atoms with Crippen LogP contribution in [0.3, 0.4) is 0 Å². The van der Waals surface area contributed by atoms with Crippen LogP contribution >= 0.6 is 23.1 Å². The fourth-order valence-electron chi connectivity index (χ4n) is 2.96. The van der Waals surface area contributed by atoms with E-state index in [2.05, 4.69) is 15.6 Å². The number of rotatable bonds is 6. The molecule has 1 aromatic heterocycles. The number of hydrogen-bond donors (Lipinski definition) is 3. The summed E-state index contributed by atoms with van der Waals surface area (Å²) in [4.78, 5) is 29.3. The molecular weight excluding hydrogens is 428 g/mol. The Morgan fingerprint density at radius 3 is 2.52 bits per heavy atom. The van der Waals surface area contributed by atoms with E-state index in [0.29, 0.717) is 22.6 Å². The van der Waals surface area contributed by atoms with Gasteiger partial charge in [0.15, 0.2) is 4.34 Å². The Kier molecular flexibility index (Phi) is 6.20. The van der Waals surface area contributed by atoms with Crippen LogP contribution in [0, 0.1) is 6.92 Å². The van der Waals surface area contributed by atoms with Gasteiger partial charge in [0.05, 0.1) is 16.0 Å². The predicted molar refractivity (Wildman–Crippen MR) is 129 cm³/mol. The SMILES string of the molecule is Cc1ccccc1C(=O)Nc1ccc2nc(SCC(=O)Nc3ccc(N)cc3)sc2c1. The minimum absolute atomic E-state index is 0.111. The van der Waals surface area contributed by atoms with E-state index in [1.54, 1.807) is 30.3 Å². The van der Waals surface area contributed by atoms with Crippen molar-refractivity contribution in [3.8, 4) is 0 Å². The number of anilines is 3.